The molecule has 0 aromatic carbocycles. The molecule has 0 saturated heterocycles. The summed E-state index contributed by atoms with van der Waals surface area (Å²) in [7, 11) is 0. The summed E-state index contributed by atoms with van der Waals surface area (Å²) in [5.74, 6) is -5.98. The van der Waals surface area contributed by atoms with E-state index in [0.29, 0.717) is 0 Å². The summed E-state index contributed by atoms with van der Waals surface area (Å²) >= 11 is 0. The van der Waals surface area contributed by atoms with E-state index in [1.807, 2.05) is 0 Å². The summed E-state index contributed by atoms with van der Waals surface area (Å²) < 4.78 is 0. The van der Waals surface area contributed by atoms with Crippen molar-refractivity contribution in [3.8, 4) is 0 Å². The van der Waals surface area contributed by atoms with Gasteiger partial charge in [0, 0.05) is 5.57 Å². The standard InChI is InChI=1S/C9H10O6/c10-7(11)4-1-2-5(8(12)13)6(3-4)9(14)15/h3,5-6H,1-2H2,(H,10,11)(H,12,13)(H,14,15). The van der Waals surface area contributed by atoms with Crippen molar-refractivity contribution in [2.24, 2.45) is 11.8 Å². The first-order valence-corrected chi connectivity index (χ1v) is 4.33. The minimum absolute atomic E-state index is 0.0279. The number of carboxylic acid groups (broad SMARTS) is 3. The van der Waals surface area contributed by atoms with Gasteiger partial charge in [0.05, 0.1) is 11.8 Å². The lowest BCUT2D eigenvalue weighted by atomic mass is 9.81. The number of hydrogen-bond acceptors (Lipinski definition) is 3. The highest BCUT2D eigenvalue weighted by Crippen LogP contribution is 2.29. The molecule has 3 N–H and O–H groups in total. The molecule has 2 unspecified atom stereocenters. The molecule has 0 heterocycles. The molecule has 0 aliphatic heterocycles. The lowest BCUT2D eigenvalue weighted by molar-refractivity contribution is -0.152. The van der Waals surface area contributed by atoms with Crippen molar-refractivity contribution in [3.63, 3.8) is 0 Å². The predicted octanol–water partition coefficient (Wildman–Crippen LogP) is 0.193. The van der Waals surface area contributed by atoms with Gasteiger partial charge in [-0.05, 0) is 12.8 Å². The first-order chi connectivity index (χ1) is 6.93. The van der Waals surface area contributed by atoms with Gasteiger partial charge in [-0.1, -0.05) is 6.08 Å². The number of carbonyl (C=O) groups is 3. The zero-order valence-corrected chi connectivity index (χ0v) is 7.71. The van der Waals surface area contributed by atoms with Crippen molar-refractivity contribution in [2.75, 3.05) is 0 Å². The average Bonchev–Trinajstić information content (AvgIpc) is 2.16. The van der Waals surface area contributed by atoms with E-state index < -0.39 is 29.7 Å². The van der Waals surface area contributed by atoms with E-state index in [0.717, 1.165) is 6.08 Å². The minimum Gasteiger partial charge on any atom is -0.481 e. The highest BCUT2D eigenvalue weighted by Gasteiger charge is 2.36. The van der Waals surface area contributed by atoms with Crippen LogP contribution in [-0.4, -0.2) is 33.2 Å². The Labute approximate surface area is 84.8 Å². The Morgan fingerprint density at radius 1 is 1.13 bits per heavy atom. The van der Waals surface area contributed by atoms with Crippen molar-refractivity contribution in [1.29, 1.82) is 0 Å². The van der Waals surface area contributed by atoms with E-state index >= 15 is 0 Å². The van der Waals surface area contributed by atoms with Gasteiger partial charge in [-0.25, -0.2) is 4.79 Å². The Kier molecular flexibility index (Phi) is 3.08. The zero-order valence-electron chi connectivity index (χ0n) is 7.71. The first-order valence-electron chi connectivity index (χ1n) is 4.33. The minimum atomic E-state index is -1.30. The van der Waals surface area contributed by atoms with Crippen LogP contribution in [0.5, 0.6) is 0 Å². The third-order valence-corrected chi connectivity index (χ3v) is 2.42. The van der Waals surface area contributed by atoms with Crippen LogP contribution < -0.4 is 0 Å². The normalized spacial score (nSPS) is 25.5. The molecule has 15 heavy (non-hydrogen) atoms. The molecule has 6 heteroatoms. The second-order valence-electron chi connectivity index (χ2n) is 3.34. The topological polar surface area (TPSA) is 112 Å². The van der Waals surface area contributed by atoms with E-state index in [2.05, 4.69) is 0 Å². The van der Waals surface area contributed by atoms with Gasteiger partial charge in [-0.3, -0.25) is 9.59 Å². The number of hydrogen-bond donors (Lipinski definition) is 3. The van der Waals surface area contributed by atoms with Crippen LogP contribution in [0.2, 0.25) is 0 Å². The third-order valence-electron chi connectivity index (χ3n) is 2.42. The van der Waals surface area contributed by atoms with Gasteiger partial charge < -0.3 is 15.3 Å². The van der Waals surface area contributed by atoms with Gasteiger partial charge in [-0.2, -0.15) is 0 Å². The number of rotatable bonds is 3. The summed E-state index contributed by atoms with van der Waals surface area (Å²) in [4.78, 5) is 32.0. The molecule has 2 atom stereocenters. The summed E-state index contributed by atoms with van der Waals surface area (Å²) in [5.41, 5.74) is -0.0279. The molecule has 6 nitrogen and oxygen atoms in total. The Hall–Kier alpha value is -1.85. The first kappa shape index (κ1) is 11.2. The maximum absolute atomic E-state index is 10.7. The molecule has 0 aromatic heterocycles. The molecular weight excluding hydrogens is 204 g/mol. The van der Waals surface area contributed by atoms with Gasteiger partial charge in [0.15, 0.2) is 0 Å². The largest absolute Gasteiger partial charge is 0.481 e. The second-order valence-corrected chi connectivity index (χ2v) is 3.34. The fourth-order valence-electron chi connectivity index (χ4n) is 1.61. The highest BCUT2D eigenvalue weighted by atomic mass is 16.4. The fourth-order valence-corrected chi connectivity index (χ4v) is 1.61. The van der Waals surface area contributed by atoms with Crippen molar-refractivity contribution in [2.45, 2.75) is 12.8 Å². The molecule has 0 fully saturated rings. The number of carboxylic acids is 3. The van der Waals surface area contributed by atoms with E-state index in [-0.39, 0.29) is 18.4 Å². The van der Waals surface area contributed by atoms with Gasteiger partial charge in [0.25, 0.3) is 0 Å². The van der Waals surface area contributed by atoms with Gasteiger partial charge in [0.2, 0.25) is 0 Å². The lowest BCUT2D eigenvalue weighted by Crippen LogP contribution is -2.32. The van der Waals surface area contributed by atoms with Crippen molar-refractivity contribution in [1.82, 2.24) is 0 Å². The van der Waals surface area contributed by atoms with Crippen LogP contribution in [0.25, 0.3) is 0 Å². The molecule has 0 amide bonds. The summed E-state index contributed by atoms with van der Waals surface area (Å²) in [6.07, 6.45) is 1.16. The Balaban J connectivity index is 2.99. The lowest BCUT2D eigenvalue weighted by Gasteiger charge is -2.22. The van der Waals surface area contributed by atoms with Crippen LogP contribution in [-0.2, 0) is 14.4 Å². The van der Waals surface area contributed by atoms with Crippen molar-refractivity contribution in [3.05, 3.63) is 11.6 Å². The summed E-state index contributed by atoms with van der Waals surface area (Å²) in [6, 6.07) is 0. The molecule has 0 saturated carbocycles. The SMILES string of the molecule is O=C(O)C1=CC(C(=O)O)C(C(=O)O)CC1. The van der Waals surface area contributed by atoms with Crippen LogP contribution in [0.15, 0.2) is 11.6 Å². The molecule has 0 aromatic rings. The van der Waals surface area contributed by atoms with Crippen LogP contribution >= 0.6 is 0 Å². The van der Waals surface area contributed by atoms with Gasteiger partial charge >= 0.3 is 17.9 Å². The van der Waals surface area contributed by atoms with E-state index in [1.54, 1.807) is 0 Å². The highest BCUT2D eigenvalue weighted by molar-refractivity contribution is 5.90. The van der Waals surface area contributed by atoms with E-state index in [4.69, 9.17) is 15.3 Å². The van der Waals surface area contributed by atoms with E-state index in [1.165, 1.54) is 0 Å². The Morgan fingerprint density at radius 2 is 1.73 bits per heavy atom. The molecule has 1 aliphatic rings. The summed E-state index contributed by atoms with van der Waals surface area (Å²) in [6.45, 7) is 0. The fraction of sp³-hybridized carbons (Fsp3) is 0.444. The molecular formula is C9H10O6. The average molecular weight is 214 g/mol. The zero-order chi connectivity index (χ0) is 11.6. The maximum Gasteiger partial charge on any atom is 0.331 e. The third kappa shape index (κ3) is 2.34. The molecule has 1 rings (SSSR count). The van der Waals surface area contributed by atoms with Crippen LogP contribution in [0, 0.1) is 11.8 Å². The number of aliphatic carboxylic acids is 3. The van der Waals surface area contributed by atoms with E-state index in [9.17, 15) is 14.4 Å². The van der Waals surface area contributed by atoms with Gasteiger partial charge in [0.1, 0.15) is 0 Å². The Morgan fingerprint density at radius 3 is 2.13 bits per heavy atom. The Bertz CT molecular complexity index is 343. The van der Waals surface area contributed by atoms with Crippen LogP contribution in [0.3, 0.4) is 0 Å². The van der Waals surface area contributed by atoms with Crippen LogP contribution in [0.1, 0.15) is 12.8 Å². The molecule has 82 valence electrons. The van der Waals surface area contributed by atoms with Gasteiger partial charge in [-0.15, -0.1) is 0 Å². The smallest absolute Gasteiger partial charge is 0.331 e. The molecule has 0 bridgehead atoms. The quantitative estimate of drug-likeness (QED) is 0.618. The predicted molar refractivity (Wildman–Crippen MR) is 47.2 cm³/mol. The molecule has 0 spiro atoms. The summed E-state index contributed by atoms with van der Waals surface area (Å²) in [5, 5.41) is 26.2. The second kappa shape index (κ2) is 4.12. The van der Waals surface area contributed by atoms with Crippen LogP contribution in [0.4, 0.5) is 0 Å². The van der Waals surface area contributed by atoms with Crippen molar-refractivity contribution >= 4 is 17.9 Å². The van der Waals surface area contributed by atoms with Crippen molar-refractivity contribution < 1.29 is 29.7 Å². The monoisotopic (exact) mass is 214 g/mol. The molecule has 1 aliphatic carbocycles. The maximum atomic E-state index is 10.7. The molecule has 0 radical (unpaired) electrons.